The van der Waals surface area contributed by atoms with Crippen LogP contribution in [0.5, 0.6) is 0 Å². The van der Waals surface area contributed by atoms with Gasteiger partial charge in [-0.1, -0.05) is 13.3 Å². The molecule has 0 bridgehead atoms. The Morgan fingerprint density at radius 3 is 2.38 bits per heavy atom. The van der Waals surface area contributed by atoms with Crippen LogP contribution in [-0.4, -0.2) is 31.0 Å². The number of hydrogen-bond acceptors (Lipinski definition) is 3. The molecule has 0 amide bonds. The summed E-state index contributed by atoms with van der Waals surface area (Å²) in [5.74, 6) is -1.15. The number of rotatable bonds is 6. The molecule has 1 aliphatic rings. The molecule has 0 spiro atoms. The molecular formula is C14H22N2O4S. The molecule has 0 unspecified atom stereocenters. The SMILES string of the molecule is CCC1(CNS(=O)(=O)c2c(C)[nH]c(C(=O)O)c2C)CCC1. The van der Waals surface area contributed by atoms with Crippen LogP contribution in [0.25, 0.3) is 0 Å². The highest BCUT2D eigenvalue weighted by Crippen LogP contribution is 2.43. The van der Waals surface area contributed by atoms with Gasteiger partial charge in [-0.25, -0.2) is 17.9 Å². The first-order valence-corrected chi connectivity index (χ1v) is 8.63. The third-order valence-electron chi connectivity index (χ3n) is 4.65. The van der Waals surface area contributed by atoms with Gasteiger partial charge in [-0.3, -0.25) is 0 Å². The molecule has 0 atom stereocenters. The minimum absolute atomic E-state index is 0.0606. The quantitative estimate of drug-likeness (QED) is 0.749. The van der Waals surface area contributed by atoms with Crippen LogP contribution in [0.3, 0.4) is 0 Å². The molecule has 7 heteroatoms. The second-order valence-corrected chi connectivity index (χ2v) is 7.62. The molecule has 1 aromatic rings. The zero-order valence-electron chi connectivity index (χ0n) is 12.6. The summed E-state index contributed by atoms with van der Waals surface area (Å²) in [6.45, 7) is 5.58. The van der Waals surface area contributed by atoms with Gasteiger partial charge in [0, 0.05) is 17.8 Å². The zero-order valence-corrected chi connectivity index (χ0v) is 13.4. The van der Waals surface area contributed by atoms with Crippen LogP contribution in [0.15, 0.2) is 4.90 Å². The lowest BCUT2D eigenvalue weighted by Crippen LogP contribution is -2.41. The lowest BCUT2D eigenvalue weighted by molar-refractivity contribution is 0.0690. The van der Waals surface area contributed by atoms with Crippen LogP contribution in [0, 0.1) is 19.3 Å². The topological polar surface area (TPSA) is 99.3 Å². The van der Waals surface area contributed by atoms with E-state index >= 15 is 0 Å². The average Bonchev–Trinajstić information content (AvgIpc) is 2.64. The average molecular weight is 314 g/mol. The van der Waals surface area contributed by atoms with Crippen molar-refractivity contribution in [3.63, 3.8) is 0 Å². The van der Waals surface area contributed by atoms with E-state index in [1.54, 1.807) is 6.92 Å². The van der Waals surface area contributed by atoms with E-state index in [4.69, 9.17) is 5.11 Å². The number of nitrogens with one attached hydrogen (secondary N) is 2. The number of aromatic carboxylic acids is 1. The second-order valence-electron chi connectivity index (χ2n) is 5.92. The predicted octanol–water partition coefficient (Wildman–Crippen LogP) is 2.19. The van der Waals surface area contributed by atoms with Crippen molar-refractivity contribution < 1.29 is 18.3 Å². The number of carboxylic acids is 1. The van der Waals surface area contributed by atoms with Gasteiger partial charge in [0.15, 0.2) is 0 Å². The van der Waals surface area contributed by atoms with Gasteiger partial charge >= 0.3 is 5.97 Å². The van der Waals surface area contributed by atoms with Crippen LogP contribution < -0.4 is 4.72 Å². The molecule has 3 N–H and O–H groups in total. The number of carbonyl (C=O) groups is 1. The van der Waals surface area contributed by atoms with E-state index in [1.165, 1.54) is 6.92 Å². The summed E-state index contributed by atoms with van der Waals surface area (Å²) < 4.78 is 27.6. The van der Waals surface area contributed by atoms with Crippen molar-refractivity contribution in [1.29, 1.82) is 0 Å². The minimum Gasteiger partial charge on any atom is -0.477 e. The number of aromatic nitrogens is 1. The molecule has 1 fully saturated rings. The first-order chi connectivity index (χ1) is 9.72. The van der Waals surface area contributed by atoms with Crippen molar-refractivity contribution in [2.24, 2.45) is 5.41 Å². The fourth-order valence-corrected chi connectivity index (χ4v) is 4.60. The third kappa shape index (κ3) is 2.85. The molecule has 1 saturated carbocycles. The van der Waals surface area contributed by atoms with Crippen molar-refractivity contribution in [3.8, 4) is 0 Å². The Hall–Kier alpha value is -1.34. The molecule has 2 rings (SSSR count). The first-order valence-electron chi connectivity index (χ1n) is 7.14. The Bertz CT molecular complexity index is 651. The Kier molecular flexibility index (Phi) is 4.17. The number of hydrogen-bond donors (Lipinski definition) is 3. The van der Waals surface area contributed by atoms with Crippen LogP contribution in [-0.2, 0) is 10.0 Å². The molecule has 0 aromatic carbocycles. The highest BCUT2D eigenvalue weighted by atomic mass is 32.2. The third-order valence-corrected chi connectivity index (χ3v) is 6.33. The Morgan fingerprint density at radius 2 is 2.00 bits per heavy atom. The van der Waals surface area contributed by atoms with E-state index < -0.39 is 16.0 Å². The molecule has 1 aromatic heterocycles. The van der Waals surface area contributed by atoms with Crippen molar-refractivity contribution in [1.82, 2.24) is 9.71 Å². The number of H-pyrrole nitrogens is 1. The molecule has 0 aliphatic heterocycles. The second kappa shape index (κ2) is 5.46. The fourth-order valence-electron chi connectivity index (χ4n) is 3.00. The van der Waals surface area contributed by atoms with Gasteiger partial charge in [0.2, 0.25) is 10.0 Å². The largest absolute Gasteiger partial charge is 0.477 e. The van der Waals surface area contributed by atoms with E-state index in [2.05, 4.69) is 16.6 Å². The number of sulfonamides is 1. The molecule has 0 saturated heterocycles. The fraction of sp³-hybridized carbons (Fsp3) is 0.643. The van der Waals surface area contributed by atoms with Gasteiger partial charge in [-0.05, 0) is 38.5 Å². The maximum atomic E-state index is 12.5. The van der Waals surface area contributed by atoms with Crippen molar-refractivity contribution in [2.75, 3.05) is 6.54 Å². The van der Waals surface area contributed by atoms with Gasteiger partial charge < -0.3 is 10.1 Å². The van der Waals surface area contributed by atoms with Gasteiger partial charge in [-0.15, -0.1) is 0 Å². The van der Waals surface area contributed by atoms with E-state index in [1.807, 2.05) is 0 Å². The van der Waals surface area contributed by atoms with Gasteiger partial charge in [0.05, 0.1) is 0 Å². The highest BCUT2D eigenvalue weighted by Gasteiger charge is 2.37. The van der Waals surface area contributed by atoms with Crippen LogP contribution in [0.1, 0.15) is 54.4 Å². The van der Waals surface area contributed by atoms with Gasteiger partial charge in [-0.2, -0.15) is 0 Å². The summed E-state index contributed by atoms with van der Waals surface area (Å²) in [5.41, 5.74) is 0.616. The van der Waals surface area contributed by atoms with Gasteiger partial charge in [0.1, 0.15) is 10.6 Å². The predicted molar refractivity (Wildman–Crippen MR) is 79.0 cm³/mol. The molecule has 21 heavy (non-hydrogen) atoms. The van der Waals surface area contributed by atoms with Crippen molar-refractivity contribution >= 4 is 16.0 Å². The molecule has 1 heterocycles. The van der Waals surface area contributed by atoms with E-state index in [0.717, 1.165) is 25.7 Å². The maximum Gasteiger partial charge on any atom is 0.352 e. The van der Waals surface area contributed by atoms with Crippen molar-refractivity contribution in [3.05, 3.63) is 17.0 Å². The summed E-state index contributed by atoms with van der Waals surface area (Å²) in [6.07, 6.45) is 4.16. The summed E-state index contributed by atoms with van der Waals surface area (Å²) >= 11 is 0. The molecule has 118 valence electrons. The Balaban J connectivity index is 2.26. The summed E-state index contributed by atoms with van der Waals surface area (Å²) in [7, 11) is -3.70. The molecular weight excluding hydrogens is 292 g/mol. The summed E-state index contributed by atoms with van der Waals surface area (Å²) in [6, 6.07) is 0. The highest BCUT2D eigenvalue weighted by molar-refractivity contribution is 7.89. The molecule has 6 nitrogen and oxygen atoms in total. The Morgan fingerprint density at radius 1 is 1.38 bits per heavy atom. The number of carboxylic acid groups (broad SMARTS) is 1. The van der Waals surface area contributed by atoms with Crippen LogP contribution in [0.2, 0.25) is 0 Å². The first kappa shape index (κ1) is 16.0. The molecule has 1 aliphatic carbocycles. The van der Waals surface area contributed by atoms with E-state index in [9.17, 15) is 13.2 Å². The smallest absolute Gasteiger partial charge is 0.352 e. The summed E-state index contributed by atoms with van der Waals surface area (Å²) in [4.78, 5) is 13.8. The standard InChI is InChI=1S/C14H22N2O4S/c1-4-14(6-5-7-14)8-15-21(19,20)12-9(2)11(13(17)18)16-10(12)3/h15-16H,4-8H2,1-3H3,(H,17,18). The zero-order chi connectivity index (χ0) is 15.8. The van der Waals surface area contributed by atoms with Gasteiger partial charge in [0.25, 0.3) is 0 Å². The normalized spacial score (nSPS) is 17.5. The van der Waals surface area contributed by atoms with Crippen LogP contribution >= 0.6 is 0 Å². The number of aryl methyl sites for hydroxylation is 1. The maximum absolute atomic E-state index is 12.5. The number of aromatic amines is 1. The lowest BCUT2D eigenvalue weighted by Gasteiger charge is -2.41. The van der Waals surface area contributed by atoms with Crippen LogP contribution in [0.4, 0.5) is 0 Å². The Labute approximate surface area is 125 Å². The van der Waals surface area contributed by atoms with E-state index in [0.29, 0.717) is 12.2 Å². The molecule has 0 radical (unpaired) electrons. The summed E-state index contributed by atoms with van der Waals surface area (Å²) in [5, 5.41) is 9.07. The van der Waals surface area contributed by atoms with Crippen molar-refractivity contribution in [2.45, 2.75) is 51.3 Å². The monoisotopic (exact) mass is 314 g/mol. The lowest BCUT2D eigenvalue weighted by atomic mass is 9.67. The van der Waals surface area contributed by atoms with E-state index in [-0.39, 0.29) is 21.6 Å². The minimum atomic E-state index is -3.70.